The molecule has 1 atom stereocenters. The van der Waals surface area contributed by atoms with Crippen molar-refractivity contribution in [3.8, 4) is 0 Å². The van der Waals surface area contributed by atoms with Gasteiger partial charge in [-0.1, -0.05) is 54.1 Å². The lowest BCUT2D eigenvalue weighted by molar-refractivity contribution is -0.139. The molecule has 0 spiro atoms. The van der Waals surface area contributed by atoms with E-state index < -0.39 is 17.9 Å². The van der Waals surface area contributed by atoms with Gasteiger partial charge >= 0.3 is 5.97 Å². The number of thiophene rings is 1. The van der Waals surface area contributed by atoms with Gasteiger partial charge < -0.3 is 10.4 Å². The van der Waals surface area contributed by atoms with Gasteiger partial charge in [-0.25, -0.2) is 4.79 Å². The van der Waals surface area contributed by atoms with Crippen LogP contribution < -0.4 is 5.32 Å². The van der Waals surface area contributed by atoms with E-state index >= 15 is 0 Å². The molecule has 0 aliphatic rings. The van der Waals surface area contributed by atoms with Crippen molar-refractivity contribution < 1.29 is 14.7 Å². The quantitative estimate of drug-likeness (QED) is 0.701. The summed E-state index contributed by atoms with van der Waals surface area (Å²) in [5.74, 6) is -1.54. The molecule has 3 aromatic rings. The zero-order chi connectivity index (χ0) is 18.0. The van der Waals surface area contributed by atoms with Gasteiger partial charge in [-0.05, 0) is 24.1 Å². The summed E-state index contributed by atoms with van der Waals surface area (Å²) in [4.78, 5) is 24.4. The number of fused-ring (bicyclic) bond motifs is 1. The topological polar surface area (TPSA) is 66.4 Å². The molecule has 0 fully saturated rings. The minimum Gasteiger partial charge on any atom is -0.480 e. The summed E-state index contributed by atoms with van der Waals surface area (Å²) in [5.41, 5.74) is 1.91. The van der Waals surface area contributed by atoms with Crippen LogP contribution in [0.25, 0.3) is 10.1 Å². The Balaban J connectivity index is 1.84. The fraction of sp³-hybridized carbons (Fsp3) is 0.158. The van der Waals surface area contributed by atoms with Crippen molar-refractivity contribution in [1.29, 1.82) is 0 Å². The molecule has 0 saturated carbocycles. The maximum absolute atomic E-state index is 12.6. The number of carboxylic acid groups (broad SMARTS) is 1. The van der Waals surface area contributed by atoms with Gasteiger partial charge in [0.2, 0.25) is 0 Å². The van der Waals surface area contributed by atoms with E-state index in [1.54, 1.807) is 0 Å². The van der Waals surface area contributed by atoms with Crippen LogP contribution in [-0.4, -0.2) is 23.0 Å². The van der Waals surface area contributed by atoms with Gasteiger partial charge in [0.05, 0.1) is 5.02 Å². The van der Waals surface area contributed by atoms with Crippen molar-refractivity contribution in [3.63, 3.8) is 0 Å². The van der Waals surface area contributed by atoms with E-state index in [1.807, 2.05) is 55.5 Å². The highest BCUT2D eigenvalue weighted by molar-refractivity contribution is 7.21. The van der Waals surface area contributed by atoms with Gasteiger partial charge in [0.25, 0.3) is 5.91 Å². The number of aryl methyl sites for hydroxylation is 1. The van der Waals surface area contributed by atoms with Crippen LogP contribution in [0.2, 0.25) is 5.02 Å². The predicted molar refractivity (Wildman–Crippen MR) is 101 cm³/mol. The fourth-order valence-electron chi connectivity index (χ4n) is 2.59. The van der Waals surface area contributed by atoms with Crippen LogP contribution in [0.3, 0.4) is 0 Å². The molecule has 25 heavy (non-hydrogen) atoms. The molecule has 0 aliphatic heterocycles. The summed E-state index contributed by atoms with van der Waals surface area (Å²) in [6, 6.07) is 13.9. The summed E-state index contributed by atoms with van der Waals surface area (Å²) >= 11 is 7.60. The summed E-state index contributed by atoms with van der Waals surface area (Å²) in [5, 5.41) is 13.2. The van der Waals surface area contributed by atoms with E-state index in [-0.39, 0.29) is 6.42 Å². The molecular formula is C19H16ClNO3S. The monoisotopic (exact) mass is 373 g/mol. The molecule has 1 aromatic heterocycles. The lowest BCUT2D eigenvalue weighted by Gasteiger charge is -2.14. The third-order valence-electron chi connectivity index (χ3n) is 3.88. The minimum atomic E-state index is -1.08. The number of carbonyl (C=O) groups is 2. The number of aliphatic carboxylic acids is 1. The molecule has 2 N–H and O–H groups in total. The first kappa shape index (κ1) is 17.5. The van der Waals surface area contributed by atoms with Gasteiger partial charge in [0.15, 0.2) is 0 Å². The summed E-state index contributed by atoms with van der Waals surface area (Å²) in [6.07, 6.45) is 0.212. The number of benzene rings is 2. The maximum atomic E-state index is 12.6. The van der Waals surface area contributed by atoms with Crippen molar-refractivity contribution in [3.05, 3.63) is 69.6 Å². The Labute approximate surface area is 154 Å². The first-order chi connectivity index (χ1) is 12.0. The Morgan fingerprint density at radius 2 is 1.92 bits per heavy atom. The lowest BCUT2D eigenvalue weighted by Crippen LogP contribution is -2.42. The average molecular weight is 374 g/mol. The first-order valence-electron chi connectivity index (χ1n) is 7.72. The van der Waals surface area contributed by atoms with Gasteiger partial charge in [-0.3, -0.25) is 4.79 Å². The highest BCUT2D eigenvalue weighted by Gasteiger charge is 2.24. The first-order valence-corrected chi connectivity index (χ1v) is 8.91. The smallest absolute Gasteiger partial charge is 0.326 e. The lowest BCUT2D eigenvalue weighted by atomic mass is 10.1. The molecule has 0 radical (unpaired) electrons. The van der Waals surface area contributed by atoms with Crippen LogP contribution in [0, 0.1) is 6.92 Å². The highest BCUT2D eigenvalue weighted by atomic mass is 35.5. The SMILES string of the molecule is Cc1ccc2c(Cl)c(C(=O)N[C@@H](Cc3ccccc3)C(=O)O)sc2c1. The van der Waals surface area contributed by atoms with Gasteiger partial charge in [-0.15, -0.1) is 11.3 Å². The summed E-state index contributed by atoms with van der Waals surface area (Å²) < 4.78 is 0.907. The molecule has 128 valence electrons. The van der Waals surface area contributed by atoms with Crippen LogP contribution in [0.1, 0.15) is 20.8 Å². The molecule has 3 rings (SSSR count). The molecular weight excluding hydrogens is 358 g/mol. The van der Waals surface area contributed by atoms with Crippen LogP contribution in [0.4, 0.5) is 0 Å². The molecule has 0 bridgehead atoms. The predicted octanol–water partition coefficient (Wildman–Crippen LogP) is 4.29. The number of nitrogens with one attached hydrogen (secondary N) is 1. The normalized spacial score (nSPS) is 12.1. The second-order valence-corrected chi connectivity index (χ2v) is 7.23. The Morgan fingerprint density at radius 1 is 1.20 bits per heavy atom. The van der Waals surface area contributed by atoms with Gasteiger partial charge in [0, 0.05) is 16.5 Å². The van der Waals surface area contributed by atoms with Crippen molar-refractivity contribution in [2.24, 2.45) is 0 Å². The largest absolute Gasteiger partial charge is 0.480 e. The minimum absolute atomic E-state index is 0.212. The Morgan fingerprint density at radius 3 is 2.60 bits per heavy atom. The second-order valence-electron chi connectivity index (χ2n) is 5.80. The zero-order valence-corrected chi connectivity index (χ0v) is 15.0. The molecule has 2 aromatic carbocycles. The third kappa shape index (κ3) is 3.83. The number of rotatable bonds is 5. The number of hydrogen-bond acceptors (Lipinski definition) is 3. The van der Waals surface area contributed by atoms with Crippen LogP contribution >= 0.6 is 22.9 Å². The fourth-order valence-corrected chi connectivity index (χ4v) is 4.11. The van der Waals surface area contributed by atoms with Crippen LogP contribution in [-0.2, 0) is 11.2 Å². The molecule has 4 nitrogen and oxygen atoms in total. The van der Waals surface area contributed by atoms with E-state index in [1.165, 1.54) is 11.3 Å². The molecule has 1 heterocycles. The Bertz CT molecular complexity index is 936. The number of amides is 1. The van der Waals surface area contributed by atoms with E-state index in [4.69, 9.17) is 11.6 Å². The average Bonchev–Trinajstić information content (AvgIpc) is 2.91. The standard InChI is InChI=1S/C19H16ClNO3S/c1-11-7-8-13-15(9-11)25-17(16(13)20)18(22)21-14(19(23)24)10-12-5-3-2-4-6-12/h2-9,14H,10H2,1H3,(H,21,22)(H,23,24)/t14-/m0/s1. The second kappa shape index (κ2) is 7.25. The number of carboxylic acids is 1. The van der Waals surface area contributed by atoms with Gasteiger partial charge in [0.1, 0.15) is 10.9 Å². The summed E-state index contributed by atoms with van der Waals surface area (Å²) in [6.45, 7) is 1.97. The Hall–Kier alpha value is -2.37. The molecule has 1 amide bonds. The number of carbonyl (C=O) groups excluding carboxylic acids is 1. The Kier molecular flexibility index (Phi) is 5.06. The zero-order valence-electron chi connectivity index (χ0n) is 13.5. The van der Waals surface area contributed by atoms with E-state index in [2.05, 4.69) is 5.32 Å². The van der Waals surface area contributed by atoms with Crippen molar-refractivity contribution in [2.75, 3.05) is 0 Å². The molecule has 6 heteroatoms. The molecule has 0 aliphatic carbocycles. The van der Waals surface area contributed by atoms with Crippen molar-refractivity contribution in [1.82, 2.24) is 5.32 Å². The third-order valence-corrected chi connectivity index (χ3v) is 5.53. The maximum Gasteiger partial charge on any atom is 0.326 e. The van der Waals surface area contributed by atoms with E-state index in [9.17, 15) is 14.7 Å². The van der Waals surface area contributed by atoms with E-state index in [0.29, 0.717) is 9.90 Å². The number of halogens is 1. The molecule has 0 unspecified atom stereocenters. The van der Waals surface area contributed by atoms with Gasteiger partial charge in [-0.2, -0.15) is 0 Å². The molecule has 0 saturated heterocycles. The summed E-state index contributed by atoms with van der Waals surface area (Å²) in [7, 11) is 0. The van der Waals surface area contributed by atoms with Crippen LogP contribution in [0.15, 0.2) is 48.5 Å². The van der Waals surface area contributed by atoms with E-state index in [0.717, 1.165) is 21.2 Å². The number of hydrogen-bond donors (Lipinski definition) is 2. The highest BCUT2D eigenvalue weighted by Crippen LogP contribution is 2.35. The van der Waals surface area contributed by atoms with Crippen molar-refractivity contribution in [2.45, 2.75) is 19.4 Å². The van der Waals surface area contributed by atoms with Crippen molar-refractivity contribution >= 4 is 44.9 Å². The van der Waals surface area contributed by atoms with Crippen LogP contribution in [0.5, 0.6) is 0 Å².